The van der Waals surface area contributed by atoms with Crippen molar-refractivity contribution in [2.24, 2.45) is 0 Å². The highest BCUT2D eigenvalue weighted by atomic mass is 16.5. The second-order valence-corrected chi connectivity index (χ2v) is 5.98. The summed E-state index contributed by atoms with van der Waals surface area (Å²) in [6.07, 6.45) is 3.77. The Bertz CT molecular complexity index is 888. The van der Waals surface area contributed by atoms with Crippen LogP contribution in [0.5, 0.6) is 5.75 Å². The highest BCUT2D eigenvalue weighted by Crippen LogP contribution is 2.25. The van der Waals surface area contributed by atoms with E-state index in [9.17, 15) is 4.79 Å². The lowest BCUT2D eigenvalue weighted by Gasteiger charge is -2.16. The van der Waals surface area contributed by atoms with Crippen LogP contribution in [-0.4, -0.2) is 32.7 Å². The molecule has 2 aromatic heterocycles. The van der Waals surface area contributed by atoms with Crippen molar-refractivity contribution in [1.29, 1.82) is 0 Å². The first-order valence-corrected chi connectivity index (χ1v) is 8.12. The van der Waals surface area contributed by atoms with Crippen molar-refractivity contribution in [3.63, 3.8) is 0 Å². The molecule has 0 radical (unpaired) electrons. The molecule has 0 bridgehead atoms. The zero-order chi connectivity index (χ0) is 17.2. The van der Waals surface area contributed by atoms with E-state index in [0.29, 0.717) is 18.8 Å². The molecule has 1 aliphatic rings. The number of ether oxygens (including phenoxy) is 1. The smallest absolute Gasteiger partial charge is 0.229 e. The summed E-state index contributed by atoms with van der Waals surface area (Å²) in [6, 6.07) is 13.6. The molecular weight excluding hydrogens is 316 g/mol. The van der Waals surface area contributed by atoms with Gasteiger partial charge in [-0.05, 0) is 24.3 Å². The third-order valence-electron chi connectivity index (χ3n) is 4.38. The summed E-state index contributed by atoms with van der Waals surface area (Å²) in [6.45, 7) is 1.16. The number of aromatic nitrogens is 3. The van der Waals surface area contributed by atoms with Crippen molar-refractivity contribution in [3.8, 4) is 11.4 Å². The summed E-state index contributed by atoms with van der Waals surface area (Å²) in [7, 11) is 1.60. The van der Waals surface area contributed by atoms with E-state index in [1.165, 1.54) is 0 Å². The minimum Gasteiger partial charge on any atom is -0.495 e. The normalized spacial score (nSPS) is 12.9. The van der Waals surface area contributed by atoms with Crippen LogP contribution >= 0.6 is 0 Å². The van der Waals surface area contributed by atoms with Gasteiger partial charge in [0.25, 0.3) is 0 Å². The Morgan fingerprint density at radius 2 is 1.96 bits per heavy atom. The minimum absolute atomic E-state index is 0.0634. The van der Waals surface area contributed by atoms with Crippen molar-refractivity contribution in [2.75, 3.05) is 7.11 Å². The van der Waals surface area contributed by atoms with E-state index in [1.54, 1.807) is 13.3 Å². The largest absolute Gasteiger partial charge is 0.495 e. The third-order valence-corrected chi connectivity index (χ3v) is 4.38. The quantitative estimate of drug-likeness (QED) is 0.735. The van der Waals surface area contributed by atoms with Gasteiger partial charge >= 0.3 is 0 Å². The summed E-state index contributed by atoms with van der Waals surface area (Å²) >= 11 is 0. The monoisotopic (exact) mass is 334 g/mol. The molecule has 0 fully saturated rings. The first-order chi connectivity index (χ1) is 12.2. The molecule has 0 unspecified atom stereocenters. The van der Waals surface area contributed by atoms with Gasteiger partial charge in [0.1, 0.15) is 5.75 Å². The Balaban J connectivity index is 1.48. The van der Waals surface area contributed by atoms with Gasteiger partial charge in [-0.25, -0.2) is 4.68 Å². The maximum Gasteiger partial charge on any atom is 0.229 e. The molecule has 126 valence electrons. The highest BCUT2D eigenvalue weighted by Gasteiger charge is 2.27. The predicted molar refractivity (Wildman–Crippen MR) is 92.3 cm³/mol. The van der Waals surface area contributed by atoms with E-state index in [-0.39, 0.29) is 12.3 Å². The average molecular weight is 334 g/mol. The fourth-order valence-electron chi connectivity index (χ4n) is 3.02. The zero-order valence-electron chi connectivity index (χ0n) is 13.9. The SMILES string of the molecule is COc1ccc(CC(=O)N2Cc3cnn(-c4ccccc4)c3C2)nc1. The number of carbonyl (C=O) groups excluding carboxylic acids is 1. The lowest BCUT2D eigenvalue weighted by Crippen LogP contribution is -2.28. The third kappa shape index (κ3) is 2.98. The predicted octanol–water partition coefficient (Wildman–Crippen LogP) is 2.36. The van der Waals surface area contributed by atoms with Crippen molar-refractivity contribution >= 4 is 5.91 Å². The van der Waals surface area contributed by atoms with Crippen LogP contribution < -0.4 is 4.74 Å². The zero-order valence-corrected chi connectivity index (χ0v) is 13.9. The summed E-state index contributed by atoms with van der Waals surface area (Å²) < 4.78 is 7.00. The number of methoxy groups -OCH3 is 1. The number of rotatable bonds is 4. The van der Waals surface area contributed by atoms with E-state index < -0.39 is 0 Å². The molecule has 25 heavy (non-hydrogen) atoms. The van der Waals surface area contributed by atoms with Gasteiger partial charge in [-0.3, -0.25) is 9.78 Å². The molecular formula is C19H18N4O2. The lowest BCUT2D eigenvalue weighted by atomic mass is 10.2. The first kappa shape index (κ1) is 15.4. The van der Waals surface area contributed by atoms with Crippen molar-refractivity contribution < 1.29 is 9.53 Å². The molecule has 0 aliphatic carbocycles. The van der Waals surface area contributed by atoms with Crippen LogP contribution in [0.25, 0.3) is 5.69 Å². The van der Waals surface area contributed by atoms with Gasteiger partial charge in [0.05, 0.1) is 43.9 Å². The molecule has 1 aromatic carbocycles. The van der Waals surface area contributed by atoms with Crippen molar-refractivity contribution in [1.82, 2.24) is 19.7 Å². The molecule has 6 nitrogen and oxygen atoms in total. The summed E-state index contributed by atoms with van der Waals surface area (Å²) in [5.74, 6) is 0.751. The van der Waals surface area contributed by atoms with Crippen LogP contribution in [0.2, 0.25) is 0 Å². The van der Waals surface area contributed by atoms with Crippen LogP contribution in [0.15, 0.2) is 54.9 Å². The van der Waals surface area contributed by atoms with Gasteiger partial charge in [0.2, 0.25) is 5.91 Å². The molecule has 0 spiro atoms. The van der Waals surface area contributed by atoms with Gasteiger partial charge in [-0.2, -0.15) is 5.10 Å². The fraction of sp³-hybridized carbons (Fsp3) is 0.211. The average Bonchev–Trinajstić information content (AvgIpc) is 3.24. The van der Waals surface area contributed by atoms with E-state index in [0.717, 1.165) is 22.6 Å². The van der Waals surface area contributed by atoms with Gasteiger partial charge in [-0.1, -0.05) is 18.2 Å². The fourth-order valence-corrected chi connectivity index (χ4v) is 3.02. The van der Waals surface area contributed by atoms with Gasteiger partial charge in [0.15, 0.2) is 0 Å². The van der Waals surface area contributed by atoms with Crippen molar-refractivity contribution in [3.05, 3.63) is 71.8 Å². The van der Waals surface area contributed by atoms with E-state index in [2.05, 4.69) is 10.1 Å². The van der Waals surface area contributed by atoms with Crippen molar-refractivity contribution in [2.45, 2.75) is 19.5 Å². The van der Waals surface area contributed by atoms with Crippen LogP contribution in [0, 0.1) is 0 Å². The molecule has 0 N–H and O–H groups in total. The Labute approximate surface area is 145 Å². The number of carbonyl (C=O) groups is 1. The Kier molecular flexibility index (Phi) is 3.93. The number of hydrogen-bond donors (Lipinski definition) is 0. The molecule has 0 saturated heterocycles. The standard InChI is InChI=1S/C19H18N4O2/c1-25-17-8-7-15(20-11-17)9-19(24)22-12-14-10-21-23(18(14)13-22)16-5-3-2-4-6-16/h2-8,10-11H,9,12-13H2,1H3. The molecule has 6 heteroatoms. The molecule has 0 atom stereocenters. The summed E-state index contributed by atoms with van der Waals surface area (Å²) in [5, 5.41) is 4.46. The second kappa shape index (κ2) is 6.39. The number of amides is 1. The molecule has 4 rings (SSSR count). The van der Waals surface area contributed by atoms with Crippen LogP contribution in [0.3, 0.4) is 0 Å². The van der Waals surface area contributed by atoms with E-state index in [1.807, 2.05) is 58.2 Å². The number of benzene rings is 1. The number of para-hydroxylation sites is 1. The van der Waals surface area contributed by atoms with E-state index in [4.69, 9.17) is 4.74 Å². The number of pyridine rings is 1. The molecule has 1 aliphatic heterocycles. The van der Waals surface area contributed by atoms with Gasteiger partial charge < -0.3 is 9.64 Å². The second-order valence-electron chi connectivity index (χ2n) is 5.98. The molecule has 0 saturated carbocycles. The molecule has 3 heterocycles. The number of hydrogen-bond acceptors (Lipinski definition) is 4. The Morgan fingerprint density at radius 1 is 1.12 bits per heavy atom. The number of nitrogens with zero attached hydrogens (tertiary/aromatic N) is 4. The lowest BCUT2D eigenvalue weighted by molar-refractivity contribution is -0.131. The maximum atomic E-state index is 12.6. The number of fused-ring (bicyclic) bond motifs is 1. The minimum atomic E-state index is 0.0634. The molecule has 3 aromatic rings. The van der Waals surface area contributed by atoms with Gasteiger partial charge in [-0.15, -0.1) is 0 Å². The topological polar surface area (TPSA) is 60.2 Å². The molecule has 1 amide bonds. The summed E-state index contributed by atoms with van der Waals surface area (Å²) in [5.41, 5.74) is 3.92. The Hall–Kier alpha value is -3.15. The highest BCUT2D eigenvalue weighted by molar-refractivity contribution is 5.79. The van der Waals surface area contributed by atoms with Crippen LogP contribution in [0.4, 0.5) is 0 Å². The summed E-state index contributed by atoms with van der Waals surface area (Å²) in [4.78, 5) is 18.7. The van der Waals surface area contributed by atoms with Gasteiger partial charge in [0, 0.05) is 17.8 Å². The Morgan fingerprint density at radius 3 is 2.68 bits per heavy atom. The first-order valence-electron chi connectivity index (χ1n) is 8.12. The van der Waals surface area contributed by atoms with Crippen LogP contribution in [-0.2, 0) is 24.3 Å². The van der Waals surface area contributed by atoms with Crippen LogP contribution in [0.1, 0.15) is 17.0 Å². The van der Waals surface area contributed by atoms with E-state index >= 15 is 0 Å². The maximum absolute atomic E-state index is 12.6.